The van der Waals surface area contributed by atoms with Gasteiger partial charge >= 0.3 is 0 Å². The zero-order chi connectivity index (χ0) is 20.2. The number of aliphatic imine (C=N–C) groups is 1. The first-order valence-electron chi connectivity index (χ1n) is 10.6. The number of nitrogens with zero attached hydrogens (tertiary/aromatic N) is 1. The molecule has 0 spiro atoms. The summed E-state index contributed by atoms with van der Waals surface area (Å²) in [6, 6.07) is 21.2. The molecule has 1 aliphatic rings. The lowest BCUT2D eigenvalue weighted by molar-refractivity contribution is 0.0888. The average Bonchev–Trinajstić information content (AvgIpc) is 3.30. The smallest absolute Gasteiger partial charge is 0.191 e. The Kier molecular flexibility index (Phi) is 11.8. The molecule has 0 aromatic heterocycles. The molecule has 1 saturated heterocycles. The van der Waals surface area contributed by atoms with Gasteiger partial charge in [-0.25, -0.2) is 0 Å². The van der Waals surface area contributed by atoms with E-state index in [1.807, 2.05) is 7.05 Å². The predicted octanol–water partition coefficient (Wildman–Crippen LogP) is 4.04. The molecule has 0 amide bonds. The van der Waals surface area contributed by atoms with E-state index in [0.29, 0.717) is 5.92 Å². The molecule has 0 radical (unpaired) electrons. The summed E-state index contributed by atoms with van der Waals surface area (Å²) >= 11 is 0. The number of ether oxygens (including phenoxy) is 2. The van der Waals surface area contributed by atoms with Crippen LogP contribution in [0.2, 0.25) is 0 Å². The summed E-state index contributed by atoms with van der Waals surface area (Å²) in [5.74, 6) is 1.67. The van der Waals surface area contributed by atoms with E-state index in [2.05, 4.69) is 76.3 Å². The van der Waals surface area contributed by atoms with Crippen LogP contribution in [0.3, 0.4) is 0 Å². The minimum Gasteiger partial charge on any atom is -0.381 e. The highest BCUT2D eigenvalue weighted by Crippen LogP contribution is 2.23. The Morgan fingerprint density at radius 1 is 1.07 bits per heavy atom. The van der Waals surface area contributed by atoms with Gasteiger partial charge in [0.15, 0.2) is 5.96 Å². The second-order valence-corrected chi connectivity index (χ2v) is 7.41. The monoisotopic (exact) mass is 523 g/mol. The van der Waals surface area contributed by atoms with Gasteiger partial charge < -0.3 is 20.1 Å². The summed E-state index contributed by atoms with van der Waals surface area (Å²) in [6.07, 6.45) is 2.08. The molecule has 1 unspecified atom stereocenters. The summed E-state index contributed by atoms with van der Waals surface area (Å²) < 4.78 is 11.1. The fraction of sp³-hybridized carbons (Fsp3) is 0.458. The molecule has 30 heavy (non-hydrogen) atoms. The Morgan fingerprint density at radius 3 is 2.30 bits per heavy atom. The average molecular weight is 523 g/mol. The third kappa shape index (κ3) is 8.24. The van der Waals surface area contributed by atoms with Crippen molar-refractivity contribution in [1.82, 2.24) is 10.6 Å². The molecular formula is C24H34IN3O2. The van der Waals surface area contributed by atoms with E-state index in [1.165, 1.54) is 11.1 Å². The Morgan fingerprint density at radius 2 is 1.73 bits per heavy atom. The number of hydrogen-bond acceptors (Lipinski definition) is 3. The molecular weight excluding hydrogens is 489 g/mol. The quantitative estimate of drug-likeness (QED) is 0.214. The van der Waals surface area contributed by atoms with Gasteiger partial charge in [0.2, 0.25) is 0 Å². The van der Waals surface area contributed by atoms with Crippen LogP contribution in [0.5, 0.6) is 0 Å². The van der Waals surface area contributed by atoms with Crippen molar-refractivity contribution in [2.75, 3.05) is 46.6 Å². The number of hydrogen-bond donors (Lipinski definition) is 2. The molecule has 0 bridgehead atoms. The molecule has 2 aromatic rings. The van der Waals surface area contributed by atoms with E-state index in [9.17, 15) is 0 Å². The van der Waals surface area contributed by atoms with Crippen LogP contribution in [0, 0.1) is 5.92 Å². The normalized spacial score (nSPS) is 16.3. The van der Waals surface area contributed by atoms with Gasteiger partial charge in [-0.3, -0.25) is 4.99 Å². The van der Waals surface area contributed by atoms with Crippen molar-refractivity contribution >= 4 is 29.9 Å². The highest BCUT2D eigenvalue weighted by molar-refractivity contribution is 14.0. The Labute approximate surface area is 197 Å². The van der Waals surface area contributed by atoms with E-state index in [1.54, 1.807) is 0 Å². The molecule has 1 aliphatic heterocycles. The molecule has 0 aliphatic carbocycles. The van der Waals surface area contributed by atoms with Gasteiger partial charge in [-0.2, -0.15) is 0 Å². The second kappa shape index (κ2) is 14.4. The summed E-state index contributed by atoms with van der Waals surface area (Å²) in [5.41, 5.74) is 2.59. The van der Waals surface area contributed by atoms with Crippen molar-refractivity contribution in [2.24, 2.45) is 10.9 Å². The predicted molar refractivity (Wildman–Crippen MR) is 134 cm³/mol. The van der Waals surface area contributed by atoms with E-state index < -0.39 is 0 Å². The van der Waals surface area contributed by atoms with E-state index in [0.717, 1.165) is 58.3 Å². The molecule has 1 fully saturated rings. The zero-order valence-corrected chi connectivity index (χ0v) is 20.1. The molecule has 2 N–H and O–H groups in total. The van der Waals surface area contributed by atoms with Crippen molar-refractivity contribution < 1.29 is 9.47 Å². The Balaban J connectivity index is 0.00000320. The topological polar surface area (TPSA) is 54.9 Å². The Hall–Kier alpha value is -1.64. The summed E-state index contributed by atoms with van der Waals surface area (Å²) in [7, 11) is 1.81. The first kappa shape index (κ1) is 24.6. The van der Waals surface area contributed by atoms with Crippen LogP contribution in [-0.2, 0) is 9.47 Å². The number of guanidine groups is 1. The van der Waals surface area contributed by atoms with Gasteiger partial charge in [-0.15, -0.1) is 24.0 Å². The van der Waals surface area contributed by atoms with Crippen LogP contribution >= 0.6 is 24.0 Å². The fourth-order valence-electron chi connectivity index (χ4n) is 3.56. The second-order valence-electron chi connectivity index (χ2n) is 7.41. The van der Waals surface area contributed by atoms with Crippen LogP contribution in [0.25, 0.3) is 0 Å². The van der Waals surface area contributed by atoms with Crippen molar-refractivity contribution in [3.05, 3.63) is 71.8 Å². The van der Waals surface area contributed by atoms with Crippen LogP contribution in [0.1, 0.15) is 29.9 Å². The van der Waals surface area contributed by atoms with Gasteiger partial charge in [0.05, 0.1) is 13.2 Å². The number of rotatable bonds is 10. The zero-order valence-electron chi connectivity index (χ0n) is 17.8. The van der Waals surface area contributed by atoms with Crippen LogP contribution in [0.15, 0.2) is 65.7 Å². The molecule has 3 rings (SSSR count). The molecule has 1 heterocycles. The van der Waals surface area contributed by atoms with Gasteiger partial charge in [0, 0.05) is 45.2 Å². The van der Waals surface area contributed by atoms with Gasteiger partial charge in [0.25, 0.3) is 0 Å². The number of halogens is 1. The molecule has 2 aromatic carbocycles. The number of benzene rings is 2. The van der Waals surface area contributed by atoms with Crippen LogP contribution in [0.4, 0.5) is 0 Å². The summed E-state index contributed by atoms with van der Waals surface area (Å²) in [5, 5.41) is 6.87. The Bertz CT molecular complexity index is 682. The maximum absolute atomic E-state index is 5.77. The minimum absolute atomic E-state index is 0. The van der Waals surface area contributed by atoms with Gasteiger partial charge in [-0.1, -0.05) is 60.7 Å². The lowest BCUT2D eigenvalue weighted by Gasteiger charge is -2.20. The third-order valence-corrected chi connectivity index (χ3v) is 5.24. The van der Waals surface area contributed by atoms with Crippen molar-refractivity contribution in [2.45, 2.75) is 18.8 Å². The minimum atomic E-state index is 0. The van der Waals surface area contributed by atoms with Crippen LogP contribution in [-0.4, -0.2) is 52.5 Å². The third-order valence-electron chi connectivity index (χ3n) is 5.24. The van der Waals surface area contributed by atoms with Crippen molar-refractivity contribution in [3.8, 4) is 0 Å². The largest absolute Gasteiger partial charge is 0.381 e. The van der Waals surface area contributed by atoms with Gasteiger partial charge in [-0.05, 0) is 24.0 Å². The molecule has 1 atom stereocenters. The van der Waals surface area contributed by atoms with Crippen molar-refractivity contribution in [3.63, 3.8) is 0 Å². The molecule has 6 heteroatoms. The van der Waals surface area contributed by atoms with E-state index >= 15 is 0 Å². The van der Waals surface area contributed by atoms with E-state index in [-0.39, 0.29) is 29.9 Å². The molecule has 5 nitrogen and oxygen atoms in total. The first-order valence-corrected chi connectivity index (χ1v) is 10.6. The maximum atomic E-state index is 5.77. The summed E-state index contributed by atoms with van der Waals surface area (Å²) in [6.45, 7) is 4.91. The lowest BCUT2D eigenvalue weighted by Crippen LogP contribution is -2.40. The lowest BCUT2D eigenvalue weighted by atomic mass is 9.91. The fourth-order valence-corrected chi connectivity index (χ4v) is 3.56. The highest BCUT2D eigenvalue weighted by Gasteiger charge is 2.16. The maximum Gasteiger partial charge on any atom is 0.191 e. The SMILES string of the molecule is CN=C(NCCCOCC1CCOC1)NCC(c1ccccc1)c1ccccc1.I. The number of nitrogens with one attached hydrogen (secondary N) is 2. The van der Waals surface area contributed by atoms with Gasteiger partial charge in [0.1, 0.15) is 0 Å². The van der Waals surface area contributed by atoms with E-state index in [4.69, 9.17) is 9.47 Å². The van der Waals surface area contributed by atoms with Crippen molar-refractivity contribution in [1.29, 1.82) is 0 Å². The first-order chi connectivity index (χ1) is 14.4. The van der Waals surface area contributed by atoms with Crippen LogP contribution < -0.4 is 10.6 Å². The summed E-state index contributed by atoms with van der Waals surface area (Å²) in [4.78, 5) is 4.37. The molecule has 0 saturated carbocycles. The molecule has 164 valence electrons. The standard InChI is InChI=1S/C24H33N3O2.HI/c1-25-24(26-14-8-15-28-18-20-13-16-29-19-20)27-17-23(21-9-4-2-5-10-21)22-11-6-3-7-12-22;/h2-7,9-12,20,23H,8,13-19H2,1H3,(H2,25,26,27);1H. The highest BCUT2D eigenvalue weighted by atomic mass is 127.